The third-order valence-corrected chi connectivity index (χ3v) is 2.56. The number of hydrogen-bond donors (Lipinski definition) is 0. The minimum atomic E-state index is -0.222. The van der Waals surface area contributed by atoms with Crippen LogP contribution in [0, 0.1) is 0 Å². The van der Waals surface area contributed by atoms with Gasteiger partial charge < -0.3 is 9.47 Å². The highest BCUT2D eigenvalue weighted by Gasteiger charge is 2.29. The summed E-state index contributed by atoms with van der Waals surface area (Å²) in [6, 6.07) is 10.2. The van der Waals surface area contributed by atoms with Gasteiger partial charge in [-0.25, -0.2) is 0 Å². The van der Waals surface area contributed by atoms with E-state index in [1.807, 2.05) is 25.1 Å². The van der Waals surface area contributed by atoms with Gasteiger partial charge >= 0.3 is 0 Å². The molecule has 1 aromatic rings. The van der Waals surface area contributed by atoms with Crippen LogP contribution in [0.5, 0.6) is 0 Å². The molecule has 80 valence electrons. The van der Waals surface area contributed by atoms with Gasteiger partial charge in [-0.3, -0.25) is 0 Å². The fraction of sp³-hybridized carbons (Fsp3) is 0.385. The minimum Gasteiger partial charge on any atom is -0.349 e. The smallest absolute Gasteiger partial charge is 0.180 e. The van der Waals surface area contributed by atoms with Crippen LogP contribution in [0.15, 0.2) is 42.5 Å². The van der Waals surface area contributed by atoms with Gasteiger partial charge in [0.2, 0.25) is 0 Å². The Morgan fingerprint density at radius 2 is 2.13 bits per heavy atom. The van der Waals surface area contributed by atoms with Gasteiger partial charge in [0.25, 0.3) is 0 Å². The van der Waals surface area contributed by atoms with Gasteiger partial charge in [-0.2, -0.15) is 0 Å². The van der Waals surface area contributed by atoms with Gasteiger partial charge in [0.1, 0.15) is 0 Å². The van der Waals surface area contributed by atoms with Crippen LogP contribution >= 0.6 is 0 Å². The molecule has 2 atom stereocenters. The first-order valence-corrected chi connectivity index (χ1v) is 5.31. The van der Waals surface area contributed by atoms with E-state index in [0.717, 1.165) is 12.0 Å². The lowest BCUT2D eigenvalue weighted by atomic mass is 10.1. The van der Waals surface area contributed by atoms with Crippen LogP contribution in [0.1, 0.15) is 25.0 Å². The molecule has 2 nitrogen and oxygen atoms in total. The summed E-state index contributed by atoms with van der Waals surface area (Å²) in [6.07, 6.45) is 0.741. The lowest BCUT2D eigenvalue weighted by molar-refractivity contribution is -0.116. The molecule has 1 aliphatic rings. The third kappa shape index (κ3) is 2.28. The summed E-state index contributed by atoms with van der Waals surface area (Å²) in [4.78, 5) is 0. The van der Waals surface area contributed by atoms with Crippen molar-refractivity contribution in [2.45, 2.75) is 25.7 Å². The van der Waals surface area contributed by atoms with Crippen LogP contribution < -0.4 is 0 Å². The van der Waals surface area contributed by atoms with Gasteiger partial charge in [-0.1, -0.05) is 36.9 Å². The molecule has 15 heavy (non-hydrogen) atoms. The number of benzene rings is 1. The Bertz CT molecular complexity index is 332. The maximum absolute atomic E-state index is 5.78. The molecule has 2 rings (SSSR count). The second kappa shape index (κ2) is 4.60. The molecule has 1 fully saturated rings. The number of hydrogen-bond acceptors (Lipinski definition) is 2. The third-order valence-electron chi connectivity index (χ3n) is 2.56. The van der Waals surface area contributed by atoms with Crippen LogP contribution in [0.4, 0.5) is 0 Å². The monoisotopic (exact) mass is 204 g/mol. The summed E-state index contributed by atoms with van der Waals surface area (Å²) in [5.74, 6) is 0. The fourth-order valence-electron chi connectivity index (χ4n) is 1.80. The number of ether oxygens (including phenoxy) is 2. The molecule has 0 saturated carbocycles. The van der Waals surface area contributed by atoms with Gasteiger partial charge in [-0.15, -0.1) is 0 Å². The molecule has 1 aliphatic heterocycles. The van der Waals surface area contributed by atoms with Gasteiger partial charge in [0.05, 0.1) is 6.10 Å². The predicted molar refractivity (Wildman–Crippen MR) is 59.4 cm³/mol. The van der Waals surface area contributed by atoms with Crippen LogP contribution in [0.2, 0.25) is 0 Å². The quantitative estimate of drug-likeness (QED) is 0.704. The molecule has 2 heteroatoms. The molecule has 0 aliphatic carbocycles. The minimum absolute atomic E-state index is 0.107. The summed E-state index contributed by atoms with van der Waals surface area (Å²) in [6.45, 7) is 6.60. The standard InChI is InChI=1S/C13H16O2/c1-3-14-13-10(2)9-12(15-13)11-7-5-4-6-8-11/h4-8,12-13H,2-3,9H2,1H3/t12-,13+/m1/s1. The molecule has 0 unspecified atom stereocenters. The molecular weight excluding hydrogens is 188 g/mol. The van der Waals surface area contributed by atoms with Gasteiger partial charge in [0, 0.05) is 13.0 Å². The highest BCUT2D eigenvalue weighted by molar-refractivity contribution is 5.22. The molecule has 1 heterocycles. The molecule has 0 bridgehead atoms. The van der Waals surface area contributed by atoms with Crippen LogP contribution in [0.3, 0.4) is 0 Å². The predicted octanol–water partition coefficient (Wildman–Crippen LogP) is 3.07. The van der Waals surface area contributed by atoms with Crippen molar-refractivity contribution in [2.75, 3.05) is 6.61 Å². The van der Waals surface area contributed by atoms with E-state index in [0.29, 0.717) is 6.61 Å². The van der Waals surface area contributed by atoms with Gasteiger partial charge in [0.15, 0.2) is 6.29 Å². The zero-order valence-corrected chi connectivity index (χ0v) is 8.98. The van der Waals surface area contributed by atoms with E-state index in [-0.39, 0.29) is 12.4 Å². The summed E-state index contributed by atoms with van der Waals surface area (Å²) < 4.78 is 11.2. The maximum atomic E-state index is 5.78. The SMILES string of the molecule is C=C1C[C@H](c2ccccc2)O[C@@H]1OCC. The van der Waals surface area contributed by atoms with Crippen molar-refractivity contribution < 1.29 is 9.47 Å². The van der Waals surface area contributed by atoms with E-state index in [2.05, 4.69) is 18.7 Å². The Kier molecular flexibility index (Phi) is 3.19. The topological polar surface area (TPSA) is 18.5 Å². The van der Waals surface area contributed by atoms with E-state index in [4.69, 9.17) is 9.47 Å². The summed E-state index contributed by atoms with van der Waals surface area (Å²) >= 11 is 0. The highest BCUT2D eigenvalue weighted by atomic mass is 16.7. The molecule has 0 spiro atoms. The second-order valence-electron chi connectivity index (χ2n) is 3.69. The van der Waals surface area contributed by atoms with Crippen molar-refractivity contribution in [3.05, 3.63) is 48.0 Å². The fourth-order valence-corrected chi connectivity index (χ4v) is 1.80. The van der Waals surface area contributed by atoms with E-state index < -0.39 is 0 Å². The summed E-state index contributed by atoms with van der Waals surface area (Å²) in [5.41, 5.74) is 2.23. The van der Waals surface area contributed by atoms with E-state index in [1.54, 1.807) is 0 Å². The average Bonchev–Trinajstić information content (AvgIpc) is 2.63. The normalized spacial score (nSPS) is 25.8. The molecule has 0 N–H and O–H groups in total. The van der Waals surface area contributed by atoms with Crippen molar-refractivity contribution in [1.29, 1.82) is 0 Å². The summed E-state index contributed by atoms with van der Waals surface area (Å²) in [5, 5.41) is 0. The zero-order valence-electron chi connectivity index (χ0n) is 8.98. The lowest BCUT2D eigenvalue weighted by Crippen LogP contribution is -2.12. The van der Waals surface area contributed by atoms with Gasteiger partial charge in [-0.05, 0) is 18.1 Å². The van der Waals surface area contributed by atoms with Crippen molar-refractivity contribution in [2.24, 2.45) is 0 Å². The van der Waals surface area contributed by atoms with Crippen LogP contribution in [-0.4, -0.2) is 12.9 Å². The number of rotatable bonds is 3. The first-order valence-electron chi connectivity index (χ1n) is 5.31. The molecule has 1 saturated heterocycles. The zero-order chi connectivity index (χ0) is 10.7. The first-order chi connectivity index (χ1) is 7.31. The Labute approximate surface area is 90.5 Å². The van der Waals surface area contributed by atoms with E-state index >= 15 is 0 Å². The summed E-state index contributed by atoms with van der Waals surface area (Å²) in [7, 11) is 0. The van der Waals surface area contributed by atoms with Crippen molar-refractivity contribution in [3.8, 4) is 0 Å². The Morgan fingerprint density at radius 1 is 1.40 bits per heavy atom. The average molecular weight is 204 g/mol. The molecule has 0 aromatic heterocycles. The van der Waals surface area contributed by atoms with Crippen molar-refractivity contribution in [3.63, 3.8) is 0 Å². The molecular formula is C13H16O2. The van der Waals surface area contributed by atoms with Crippen LogP contribution in [-0.2, 0) is 9.47 Å². The first kappa shape index (κ1) is 10.4. The molecule has 0 radical (unpaired) electrons. The molecule has 0 amide bonds. The largest absolute Gasteiger partial charge is 0.349 e. The van der Waals surface area contributed by atoms with E-state index in [9.17, 15) is 0 Å². The second-order valence-corrected chi connectivity index (χ2v) is 3.69. The van der Waals surface area contributed by atoms with Crippen molar-refractivity contribution in [1.82, 2.24) is 0 Å². The van der Waals surface area contributed by atoms with Crippen molar-refractivity contribution >= 4 is 0 Å². The molecule has 1 aromatic carbocycles. The Balaban J connectivity index is 2.06. The Morgan fingerprint density at radius 3 is 2.80 bits per heavy atom. The Hall–Kier alpha value is -1.12. The van der Waals surface area contributed by atoms with E-state index in [1.165, 1.54) is 5.56 Å². The van der Waals surface area contributed by atoms with Crippen LogP contribution in [0.25, 0.3) is 0 Å². The lowest BCUT2D eigenvalue weighted by Gasteiger charge is -2.13. The highest BCUT2D eigenvalue weighted by Crippen LogP contribution is 2.35. The maximum Gasteiger partial charge on any atom is 0.180 e.